The first-order chi connectivity index (χ1) is 11.1. The van der Waals surface area contributed by atoms with E-state index >= 15 is 0 Å². The highest BCUT2D eigenvalue weighted by Crippen LogP contribution is 2.40. The number of carbonyl (C=O) groups excluding carboxylic acids is 1. The van der Waals surface area contributed by atoms with Gasteiger partial charge in [-0.05, 0) is 37.0 Å². The quantitative estimate of drug-likeness (QED) is 0.828. The molecule has 0 aliphatic carbocycles. The molecule has 1 aromatic carbocycles. The molecule has 0 unspecified atom stereocenters. The van der Waals surface area contributed by atoms with Gasteiger partial charge in [-0.1, -0.05) is 32.9 Å². The molecule has 4 aliphatic heterocycles. The number of nitrogens with one attached hydrogen (secondary N) is 2. The SMILES string of the molecule is CCc1ccc(C2[NH+]3CC4(CC)C[NH+]2CC(CC)(C3)C4=O)cc1. The molecule has 1 aromatic rings. The van der Waals surface area contributed by atoms with E-state index in [0.717, 1.165) is 45.4 Å². The first kappa shape index (κ1) is 15.3. The molecule has 2 N–H and O–H groups in total. The lowest BCUT2D eigenvalue weighted by atomic mass is 9.58. The number of quaternary nitrogens is 2. The molecule has 0 spiro atoms. The number of carbonyl (C=O) groups is 1. The van der Waals surface area contributed by atoms with Gasteiger partial charge in [0, 0.05) is 0 Å². The van der Waals surface area contributed by atoms with Gasteiger partial charge in [0.2, 0.25) is 6.17 Å². The Hall–Kier alpha value is -1.19. The molecule has 124 valence electrons. The zero-order chi connectivity index (χ0) is 16.2. The molecule has 0 amide bonds. The zero-order valence-corrected chi connectivity index (χ0v) is 14.7. The van der Waals surface area contributed by atoms with Crippen LogP contribution in [0.15, 0.2) is 24.3 Å². The van der Waals surface area contributed by atoms with E-state index in [-0.39, 0.29) is 10.8 Å². The Labute approximate surface area is 139 Å². The summed E-state index contributed by atoms with van der Waals surface area (Å²) in [5.74, 6) is 0.599. The number of ketones is 1. The predicted molar refractivity (Wildman–Crippen MR) is 90.4 cm³/mol. The van der Waals surface area contributed by atoms with Gasteiger partial charge in [0.25, 0.3) is 0 Å². The molecule has 23 heavy (non-hydrogen) atoms. The minimum atomic E-state index is -0.0446. The number of aryl methyl sites for hydroxylation is 1. The smallest absolute Gasteiger partial charge is 0.240 e. The lowest BCUT2D eigenvalue weighted by Crippen LogP contribution is -3.41. The zero-order valence-electron chi connectivity index (χ0n) is 14.7. The van der Waals surface area contributed by atoms with Crippen molar-refractivity contribution >= 4 is 5.78 Å². The molecular formula is C20H30N2O+2. The van der Waals surface area contributed by atoms with Crippen molar-refractivity contribution in [3.8, 4) is 0 Å². The molecule has 5 rings (SSSR count). The van der Waals surface area contributed by atoms with Crippen molar-refractivity contribution in [2.24, 2.45) is 10.8 Å². The van der Waals surface area contributed by atoms with E-state index in [1.54, 1.807) is 9.80 Å². The molecule has 3 heteroatoms. The van der Waals surface area contributed by atoms with Gasteiger partial charge in [-0.25, -0.2) is 0 Å². The summed E-state index contributed by atoms with van der Waals surface area (Å²) in [5.41, 5.74) is 2.79. The number of piperidine rings is 2. The third kappa shape index (κ3) is 1.99. The second kappa shape index (κ2) is 5.15. The van der Waals surface area contributed by atoms with Crippen LogP contribution >= 0.6 is 0 Å². The van der Waals surface area contributed by atoms with Crippen molar-refractivity contribution in [3.05, 3.63) is 35.4 Å². The van der Waals surface area contributed by atoms with Gasteiger partial charge in [-0.3, -0.25) is 14.6 Å². The summed E-state index contributed by atoms with van der Waals surface area (Å²) in [4.78, 5) is 16.5. The summed E-state index contributed by atoms with van der Waals surface area (Å²) in [7, 11) is 0. The average molecular weight is 314 g/mol. The van der Waals surface area contributed by atoms with Crippen molar-refractivity contribution in [1.29, 1.82) is 0 Å². The Morgan fingerprint density at radius 3 is 1.78 bits per heavy atom. The van der Waals surface area contributed by atoms with Gasteiger partial charge < -0.3 is 0 Å². The summed E-state index contributed by atoms with van der Waals surface area (Å²) >= 11 is 0. The molecule has 4 heterocycles. The second-order valence-electron chi connectivity index (χ2n) is 8.15. The van der Waals surface area contributed by atoms with E-state index in [4.69, 9.17) is 0 Å². The normalized spacial score (nSPS) is 41.5. The van der Waals surface area contributed by atoms with Crippen LogP contribution in [0.25, 0.3) is 0 Å². The van der Waals surface area contributed by atoms with Crippen LogP contribution in [0.2, 0.25) is 0 Å². The highest BCUT2D eigenvalue weighted by Gasteiger charge is 2.70. The highest BCUT2D eigenvalue weighted by atomic mass is 16.1. The fraction of sp³-hybridized carbons (Fsp3) is 0.650. The number of hydrogen-bond acceptors (Lipinski definition) is 1. The maximum absolute atomic E-state index is 13.2. The predicted octanol–water partition coefficient (Wildman–Crippen LogP) is 0.420. The maximum Gasteiger partial charge on any atom is 0.240 e. The van der Waals surface area contributed by atoms with E-state index in [9.17, 15) is 4.79 Å². The highest BCUT2D eigenvalue weighted by molar-refractivity contribution is 5.92. The first-order valence-corrected chi connectivity index (χ1v) is 9.40. The lowest BCUT2D eigenvalue weighted by molar-refractivity contribution is -1.18. The second-order valence-corrected chi connectivity index (χ2v) is 8.15. The molecule has 3 nitrogen and oxygen atoms in total. The Morgan fingerprint density at radius 1 is 0.913 bits per heavy atom. The third-order valence-electron chi connectivity index (χ3n) is 7.12. The van der Waals surface area contributed by atoms with Gasteiger partial charge in [0.1, 0.15) is 37.0 Å². The fourth-order valence-electron chi connectivity index (χ4n) is 5.81. The van der Waals surface area contributed by atoms with Crippen LogP contribution in [-0.2, 0) is 11.2 Å². The number of hydrogen-bond donors (Lipinski definition) is 2. The van der Waals surface area contributed by atoms with E-state index < -0.39 is 0 Å². The van der Waals surface area contributed by atoms with Crippen LogP contribution in [0.1, 0.15) is 50.9 Å². The minimum Gasteiger partial charge on any atom is -0.297 e. The largest absolute Gasteiger partial charge is 0.297 e. The molecule has 0 saturated carbocycles. The van der Waals surface area contributed by atoms with Crippen LogP contribution < -0.4 is 9.80 Å². The monoisotopic (exact) mass is 314 g/mol. The van der Waals surface area contributed by atoms with Gasteiger partial charge in [-0.2, -0.15) is 0 Å². The van der Waals surface area contributed by atoms with Crippen LogP contribution in [0.3, 0.4) is 0 Å². The van der Waals surface area contributed by atoms with Crippen LogP contribution in [-0.4, -0.2) is 32.0 Å². The van der Waals surface area contributed by atoms with E-state index in [2.05, 4.69) is 45.0 Å². The lowest BCUT2D eigenvalue weighted by Gasteiger charge is -2.60. The standard InChI is InChI=1S/C20H28N2O/c1-4-15-7-9-16(10-8-15)17-21-11-19(5-2)12-22(17)14-20(6-3,13-21)18(19)23/h7-10,17H,4-6,11-14H2,1-3H3/p+2. The molecule has 4 saturated heterocycles. The van der Waals surface area contributed by atoms with Crippen LogP contribution in [0.4, 0.5) is 0 Å². The molecule has 0 radical (unpaired) electrons. The Morgan fingerprint density at radius 2 is 1.39 bits per heavy atom. The van der Waals surface area contributed by atoms with Crippen molar-refractivity contribution in [3.63, 3.8) is 0 Å². The molecular weight excluding hydrogens is 284 g/mol. The van der Waals surface area contributed by atoms with Crippen molar-refractivity contribution in [2.75, 3.05) is 26.2 Å². The summed E-state index contributed by atoms with van der Waals surface area (Å²) in [5, 5.41) is 0. The molecule has 4 aliphatic rings. The molecule has 4 fully saturated rings. The van der Waals surface area contributed by atoms with Crippen LogP contribution in [0.5, 0.6) is 0 Å². The van der Waals surface area contributed by atoms with Crippen molar-refractivity contribution in [1.82, 2.24) is 0 Å². The summed E-state index contributed by atoms with van der Waals surface area (Å²) < 4.78 is 0. The van der Waals surface area contributed by atoms with E-state index in [1.807, 2.05) is 0 Å². The molecule has 4 bridgehead atoms. The van der Waals surface area contributed by atoms with Crippen molar-refractivity contribution < 1.29 is 14.6 Å². The third-order valence-corrected chi connectivity index (χ3v) is 7.12. The Bertz CT molecular complexity index is 579. The molecule has 0 aromatic heterocycles. The summed E-state index contributed by atoms with van der Waals surface area (Å²) in [6, 6.07) is 9.26. The minimum absolute atomic E-state index is 0.0446. The number of Topliss-reactive ketones (excluding diaryl/α,β-unsaturated/α-hetero) is 1. The van der Waals surface area contributed by atoms with E-state index in [1.165, 1.54) is 11.1 Å². The average Bonchev–Trinajstić information content (AvgIpc) is 2.58. The fourth-order valence-corrected chi connectivity index (χ4v) is 5.81. The van der Waals surface area contributed by atoms with Crippen molar-refractivity contribution in [2.45, 2.75) is 46.2 Å². The summed E-state index contributed by atoms with van der Waals surface area (Å²) in [6.07, 6.45) is 3.67. The van der Waals surface area contributed by atoms with Gasteiger partial charge >= 0.3 is 0 Å². The van der Waals surface area contributed by atoms with Crippen LogP contribution in [0, 0.1) is 10.8 Å². The Kier molecular flexibility index (Phi) is 3.44. The van der Waals surface area contributed by atoms with Gasteiger partial charge in [0.15, 0.2) is 5.78 Å². The van der Waals surface area contributed by atoms with Gasteiger partial charge in [-0.15, -0.1) is 0 Å². The van der Waals surface area contributed by atoms with Gasteiger partial charge in [0.05, 0.1) is 5.56 Å². The maximum atomic E-state index is 13.2. The topological polar surface area (TPSA) is 26.0 Å². The molecule has 0 atom stereocenters. The van der Waals surface area contributed by atoms with E-state index in [0.29, 0.717) is 11.9 Å². The number of rotatable bonds is 4. The Balaban J connectivity index is 1.71. The first-order valence-electron chi connectivity index (χ1n) is 9.40. The number of benzene rings is 1. The summed E-state index contributed by atoms with van der Waals surface area (Å²) in [6.45, 7) is 10.9.